The number of methoxy groups -OCH3 is 1. The SMILES string of the molecule is CCCCN(C(=O)C(CS)NC(=O)OC(C)(C)C)C(C(=O)Nc1ccc(OC)cc1)c1ccc(C)cc1C. The van der Waals surface area contributed by atoms with E-state index in [2.05, 4.69) is 23.3 Å². The Hall–Kier alpha value is -3.20. The number of carbonyl (C=O) groups is 3. The van der Waals surface area contributed by atoms with Crippen molar-refractivity contribution in [3.63, 3.8) is 0 Å². The third-order valence-electron chi connectivity index (χ3n) is 5.84. The maximum absolute atomic E-state index is 13.9. The lowest BCUT2D eigenvalue weighted by atomic mass is 9.96. The second kappa shape index (κ2) is 14.1. The zero-order valence-electron chi connectivity index (χ0n) is 23.5. The van der Waals surface area contributed by atoms with Gasteiger partial charge in [-0.05, 0) is 76.4 Å². The Bertz CT molecular complexity index is 1100. The van der Waals surface area contributed by atoms with Gasteiger partial charge in [0, 0.05) is 18.0 Å². The van der Waals surface area contributed by atoms with Crippen molar-refractivity contribution < 1.29 is 23.9 Å². The van der Waals surface area contributed by atoms with E-state index in [1.807, 2.05) is 39.0 Å². The van der Waals surface area contributed by atoms with Gasteiger partial charge in [0.25, 0.3) is 5.91 Å². The molecular formula is C29H41N3O5S. The van der Waals surface area contributed by atoms with Crippen molar-refractivity contribution in [3.05, 3.63) is 59.2 Å². The molecule has 8 nitrogen and oxygen atoms in total. The molecule has 0 aliphatic rings. The van der Waals surface area contributed by atoms with Gasteiger partial charge in [-0.2, -0.15) is 12.6 Å². The van der Waals surface area contributed by atoms with E-state index in [1.54, 1.807) is 52.1 Å². The zero-order chi connectivity index (χ0) is 28.5. The summed E-state index contributed by atoms with van der Waals surface area (Å²) in [6.07, 6.45) is 0.773. The standard InChI is InChI=1S/C29H41N3O5S/c1-8-9-16-32(27(34)24(18-38)31-28(35)37-29(4,5)6)25(23-15-10-19(2)17-20(23)3)26(33)30-21-11-13-22(36-7)14-12-21/h10-15,17,24-25,38H,8-9,16,18H2,1-7H3,(H,30,33)(H,31,35). The van der Waals surface area contributed by atoms with Crippen molar-refractivity contribution in [1.29, 1.82) is 0 Å². The lowest BCUT2D eigenvalue weighted by Gasteiger charge is -2.35. The molecule has 0 saturated heterocycles. The Labute approximate surface area is 231 Å². The van der Waals surface area contributed by atoms with Gasteiger partial charge < -0.3 is 25.0 Å². The van der Waals surface area contributed by atoms with E-state index in [0.29, 0.717) is 30.0 Å². The first-order valence-electron chi connectivity index (χ1n) is 12.8. The van der Waals surface area contributed by atoms with Gasteiger partial charge in [0.05, 0.1) is 7.11 Å². The van der Waals surface area contributed by atoms with E-state index in [4.69, 9.17) is 9.47 Å². The Morgan fingerprint density at radius 1 is 1.05 bits per heavy atom. The number of aryl methyl sites for hydroxylation is 2. The first-order valence-corrected chi connectivity index (χ1v) is 13.5. The van der Waals surface area contributed by atoms with Crippen LogP contribution in [0.1, 0.15) is 63.3 Å². The molecule has 2 unspecified atom stereocenters. The molecule has 0 bridgehead atoms. The molecule has 3 amide bonds. The summed E-state index contributed by atoms with van der Waals surface area (Å²) in [5.41, 5.74) is 2.49. The third-order valence-corrected chi connectivity index (χ3v) is 6.21. The third kappa shape index (κ3) is 8.97. The second-order valence-electron chi connectivity index (χ2n) is 10.2. The number of thiol groups is 1. The average molecular weight is 544 g/mol. The summed E-state index contributed by atoms with van der Waals surface area (Å²) in [6, 6.07) is 10.9. The van der Waals surface area contributed by atoms with E-state index < -0.39 is 29.7 Å². The van der Waals surface area contributed by atoms with Crippen LogP contribution in [0.4, 0.5) is 10.5 Å². The topological polar surface area (TPSA) is 97.0 Å². The molecule has 0 radical (unpaired) electrons. The van der Waals surface area contributed by atoms with Crippen molar-refractivity contribution in [2.45, 2.75) is 72.1 Å². The van der Waals surface area contributed by atoms with Gasteiger partial charge in [-0.1, -0.05) is 37.1 Å². The molecular weight excluding hydrogens is 502 g/mol. The number of rotatable bonds is 11. The predicted octanol–water partition coefficient (Wildman–Crippen LogP) is 5.44. The van der Waals surface area contributed by atoms with Crippen LogP contribution in [0.2, 0.25) is 0 Å². The smallest absolute Gasteiger partial charge is 0.408 e. The molecule has 0 saturated carbocycles. The number of anilines is 1. The van der Waals surface area contributed by atoms with Crippen molar-refractivity contribution in [2.75, 3.05) is 24.7 Å². The van der Waals surface area contributed by atoms with Crippen LogP contribution in [0.25, 0.3) is 0 Å². The van der Waals surface area contributed by atoms with Gasteiger partial charge in [-0.15, -0.1) is 0 Å². The van der Waals surface area contributed by atoms with Crippen molar-refractivity contribution in [1.82, 2.24) is 10.2 Å². The molecule has 2 aromatic rings. The fraction of sp³-hybridized carbons (Fsp3) is 0.483. The minimum atomic E-state index is -0.980. The Morgan fingerprint density at radius 2 is 1.71 bits per heavy atom. The minimum Gasteiger partial charge on any atom is -0.497 e. The van der Waals surface area contributed by atoms with E-state index in [-0.39, 0.29) is 11.7 Å². The molecule has 9 heteroatoms. The van der Waals surface area contributed by atoms with Gasteiger partial charge in [0.2, 0.25) is 5.91 Å². The van der Waals surface area contributed by atoms with Gasteiger partial charge >= 0.3 is 6.09 Å². The quantitative estimate of drug-likeness (QED) is 0.328. The molecule has 0 spiro atoms. The van der Waals surface area contributed by atoms with Crippen LogP contribution >= 0.6 is 12.6 Å². The van der Waals surface area contributed by atoms with Crippen molar-refractivity contribution >= 4 is 36.2 Å². The molecule has 0 heterocycles. The number of amides is 3. The number of carbonyl (C=O) groups excluding carboxylic acids is 3. The highest BCUT2D eigenvalue weighted by atomic mass is 32.1. The summed E-state index contributed by atoms with van der Waals surface area (Å²) in [6.45, 7) is 11.5. The van der Waals surface area contributed by atoms with E-state index >= 15 is 0 Å². The fourth-order valence-electron chi connectivity index (χ4n) is 4.00. The van der Waals surface area contributed by atoms with Crippen LogP contribution < -0.4 is 15.4 Å². The molecule has 0 aromatic heterocycles. The molecule has 208 valence electrons. The van der Waals surface area contributed by atoms with Gasteiger partial charge in [0.15, 0.2) is 0 Å². The predicted molar refractivity (Wildman–Crippen MR) is 154 cm³/mol. The van der Waals surface area contributed by atoms with E-state index in [1.165, 1.54) is 4.90 Å². The van der Waals surface area contributed by atoms with Crippen LogP contribution in [-0.2, 0) is 14.3 Å². The van der Waals surface area contributed by atoms with E-state index in [0.717, 1.165) is 17.5 Å². The van der Waals surface area contributed by atoms with Gasteiger partial charge in [0.1, 0.15) is 23.4 Å². The summed E-state index contributed by atoms with van der Waals surface area (Å²) in [7, 11) is 1.57. The van der Waals surface area contributed by atoms with Crippen LogP contribution in [0, 0.1) is 13.8 Å². The molecule has 0 aliphatic heterocycles. The number of hydrogen-bond acceptors (Lipinski definition) is 6. The van der Waals surface area contributed by atoms with Crippen molar-refractivity contribution in [3.8, 4) is 5.75 Å². The van der Waals surface area contributed by atoms with Crippen LogP contribution in [-0.4, -0.2) is 53.9 Å². The molecule has 0 aliphatic carbocycles. The van der Waals surface area contributed by atoms with Crippen molar-refractivity contribution in [2.24, 2.45) is 0 Å². The summed E-state index contributed by atoms with van der Waals surface area (Å²) in [5, 5.41) is 5.59. The summed E-state index contributed by atoms with van der Waals surface area (Å²) >= 11 is 4.34. The molecule has 2 aromatic carbocycles. The summed E-state index contributed by atoms with van der Waals surface area (Å²) in [5.74, 6) is -0.0603. The first-order chi connectivity index (χ1) is 17.9. The highest BCUT2D eigenvalue weighted by Gasteiger charge is 2.36. The lowest BCUT2D eigenvalue weighted by molar-refractivity contribution is -0.140. The molecule has 2 atom stereocenters. The Morgan fingerprint density at radius 3 is 2.24 bits per heavy atom. The zero-order valence-corrected chi connectivity index (χ0v) is 24.4. The van der Waals surface area contributed by atoms with Crippen LogP contribution in [0.15, 0.2) is 42.5 Å². The fourth-order valence-corrected chi connectivity index (χ4v) is 4.25. The Kier molecular flexibility index (Phi) is 11.5. The summed E-state index contributed by atoms with van der Waals surface area (Å²) < 4.78 is 10.6. The van der Waals surface area contributed by atoms with Gasteiger partial charge in [-0.25, -0.2) is 4.79 Å². The lowest BCUT2D eigenvalue weighted by Crippen LogP contribution is -2.53. The molecule has 38 heavy (non-hydrogen) atoms. The largest absolute Gasteiger partial charge is 0.497 e. The minimum absolute atomic E-state index is 0.0421. The number of alkyl carbamates (subject to hydrolysis) is 1. The van der Waals surface area contributed by atoms with Gasteiger partial charge in [-0.3, -0.25) is 9.59 Å². The monoisotopic (exact) mass is 543 g/mol. The van der Waals surface area contributed by atoms with Crippen LogP contribution in [0.3, 0.4) is 0 Å². The molecule has 0 fully saturated rings. The number of nitrogens with one attached hydrogen (secondary N) is 2. The van der Waals surface area contributed by atoms with E-state index in [9.17, 15) is 14.4 Å². The number of benzene rings is 2. The maximum atomic E-state index is 13.9. The number of unbranched alkanes of at least 4 members (excludes halogenated alkanes) is 1. The highest BCUT2D eigenvalue weighted by molar-refractivity contribution is 7.80. The van der Waals surface area contributed by atoms with Crippen LogP contribution in [0.5, 0.6) is 5.75 Å². The number of hydrogen-bond donors (Lipinski definition) is 3. The first kappa shape index (κ1) is 31.0. The molecule has 2 rings (SSSR count). The maximum Gasteiger partial charge on any atom is 0.408 e. The normalized spacial score (nSPS) is 12.7. The number of ether oxygens (including phenoxy) is 2. The Balaban J connectivity index is 2.49. The molecule has 2 N–H and O–H groups in total. The highest BCUT2D eigenvalue weighted by Crippen LogP contribution is 2.28. The summed E-state index contributed by atoms with van der Waals surface area (Å²) in [4.78, 5) is 41.8. The number of nitrogens with zero attached hydrogens (tertiary/aromatic N) is 1. The second-order valence-corrected chi connectivity index (χ2v) is 10.6. The average Bonchev–Trinajstić information content (AvgIpc) is 2.84.